The van der Waals surface area contributed by atoms with Gasteiger partial charge < -0.3 is 4.90 Å². The smallest absolute Gasteiger partial charge is 0.243 e. The normalized spacial score (nSPS) is 16.2. The van der Waals surface area contributed by atoms with E-state index in [0.717, 1.165) is 12.1 Å². The zero-order valence-corrected chi connectivity index (χ0v) is 15.7. The molecule has 0 saturated carbocycles. The van der Waals surface area contributed by atoms with Crippen LogP contribution in [0.25, 0.3) is 0 Å². The molecule has 1 heterocycles. The minimum Gasteiger partial charge on any atom is -0.369 e. The zero-order chi connectivity index (χ0) is 19.6. The van der Waals surface area contributed by atoms with Gasteiger partial charge in [0.25, 0.3) is 0 Å². The number of Topliss-reactive ketones (excluding diaryl/α,β-unsaturated/α-hetero) is 1. The highest BCUT2D eigenvalue weighted by Gasteiger charge is 2.28. The van der Waals surface area contributed by atoms with Crippen LogP contribution in [0.5, 0.6) is 0 Å². The highest BCUT2D eigenvalue weighted by atomic mass is 32.2. The van der Waals surface area contributed by atoms with Crippen LogP contribution in [0, 0.1) is 11.6 Å². The molecule has 27 heavy (non-hydrogen) atoms. The second-order valence-corrected chi connectivity index (χ2v) is 8.33. The molecule has 0 N–H and O–H groups in total. The number of ketones is 1. The van der Waals surface area contributed by atoms with Gasteiger partial charge in [-0.3, -0.25) is 4.79 Å². The molecule has 0 amide bonds. The summed E-state index contributed by atoms with van der Waals surface area (Å²) in [6.45, 7) is 2.61. The average molecular weight is 394 g/mol. The molecule has 0 aliphatic carbocycles. The Hall–Kier alpha value is -2.32. The van der Waals surface area contributed by atoms with E-state index in [9.17, 15) is 22.0 Å². The van der Waals surface area contributed by atoms with Crippen LogP contribution in [-0.2, 0) is 10.0 Å². The number of carbonyl (C=O) groups excluding carboxylic acids is 1. The van der Waals surface area contributed by atoms with Gasteiger partial charge in [-0.2, -0.15) is 4.31 Å². The van der Waals surface area contributed by atoms with Gasteiger partial charge in [-0.15, -0.1) is 0 Å². The van der Waals surface area contributed by atoms with Crippen molar-refractivity contribution in [2.24, 2.45) is 0 Å². The molecule has 0 radical (unpaired) electrons. The van der Waals surface area contributed by atoms with E-state index < -0.39 is 21.7 Å². The maximum Gasteiger partial charge on any atom is 0.243 e. The molecule has 2 aromatic carbocycles. The summed E-state index contributed by atoms with van der Waals surface area (Å²) in [7, 11) is -3.74. The molecular formula is C19H20F2N2O3S. The third-order valence-corrected chi connectivity index (χ3v) is 6.50. The molecule has 0 spiro atoms. The van der Waals surface area contributed by atoms with Gasteiger partial charge >= 0.3 is 0 Å². The Labute approximate surface area is 157 Å². The van der Waals surface area contributed by atoms with E-state index in [4.69, 9.17) is 0 Å². The van der Waals surface area contributed by atoms with Crippen LogP contribution in [0.15, 0.2) is 47.4 Å². The molecular weight excluding hydrogens is 374 g/mol. The summed E-state index contributed by atoms with van der Waals surface area (Å²) in [5.74, 6) is -1.46. The third kappa shape index (κ3) is 4.01. The minimum atomic E-state index is -3.74. The number of sulfonamides is 1. The fourth-order valence-corrected chi connectivity index (χ4v) is 4.73. The number of hydrogen-bond donors (Lipinski definition) is 0. The van der Waals surface area contributed by atoms with Gasteiger partial charge in [-0.05, 0) is 49.7 Å². The summed E-state index contributed by atoms with van der Waals surface area (Å²) in [5, 5.41) is 0. The lowest BCUT2D eigenvalue weighted by atomic mass is 10.1. The van der Waals surface area contributed by atoms with Crippen molar-refractivity contribution < 1.29 is 22.0 Å². The Balaban J connectivity index is 1.83. The van der Waals surface area contributed by atoms with Gasteiger partial charge in [0.2, 0.25) is 10.0 Å². The SMILES string of the molecule is CC(=O)c1c(F)cccc1N1CCCN(S(=O)(=O)c2ccc(F)cc2)CC1. The second kappa shape index (κ2) is 7.74. The summed E-state index contributed by atoms with van der Waals surface area (Å²) < 4.78 is 54.1. The third-order valence-electron chi connectivity index (χ3n) is 4.59. The van der Waals surface area contributed by atoms with Gasteiger partial charge in [0.1, 0.15) is 11.6 Å². The molecule has 0 bridgehead atoms. The van der Waals surface area contributed by atoms with Crippen molar-refractivity contribution in [3.05, 3.63) is 59.7 Å². The fourth-order valence-electron chi connectivity index (χ4n) is 3.26. The topological polar surface area (TPSA) is 57.7 Å². The summed E-state index contributed by atoms with van der Waals surface area (Å²) in [4.78, 5) is 13.7. The van der Waals surface area contributed by atoms with E-state index in [0.29, 0.717) is 31.7 Å². The van der Waals surface area contributed by atoms with Crippen molar-refractivity contribution in [1.29, 1.82) is 0 Å². The van der Waals surface area contributed by atoms with Crippen molar-refractivity contribution in [2.75, 3.05) is 31.1 Å². The molecule has 2 aromatic rings. The predicted octanol–water partition coefficient (Wildman–Crippen LogP) is 3.07. The molecule has 5 nitrogen and oxygen atoms in total. The minimum absolute atomic E-state index is 0.0207. The second-order valence-electron chi connectivity index (χ2n) is 6.39. The quantitative estimate of drug-likeness (QED) is 0.748. The maximum atomic E-state index is 14.1. The molecule has 1 fully saturated rings. The van der Waals surface area contributed by atoms with Gasteiger partial charge in [0, 0.05) is 26.2 Å². The van der Waals surface area contributed by atoms with Crippen LogP contribution in [0.1, 0.15) is 23.7 Å². The molecule has 0 unspecified atom stereocenters. The van der Waals surface area contributed by atoms with Crippen LogP contribution in [0.2, 0.25) is 0 Å². The highest BCUT2D eigenvalue weighted by Crippen LogP contribution is 2.26. The molecule has 0 aromatic heterocycles. The highest BCUT2D eigenvalue weighted by molar-refractivity contribution is 7.89. The number of rotatable bonds is 4. The van der Waals surface area contributed by atoms with Crippen molar-refractivity contribution in [3.63, 3.8) is 0 Å². The maximum absolute atomic E-state index is 14.1. The monoisotopic (exact) mass is 394 g/mol. The standard InChI is InChI=1S/C19H20F2N2O3S/c1-14(24)19-17(21)4-2-5-18(19)22-10-3-11-23(13-12-22)27(25,26)16-8-6-15(20)7-9-16/h2,4-9H,3,10-13H2,1H3. The zero-order valence-electron chi connectivity index (χ0n) is 14.9. The summed E-state index contributed by atoms with van der Waals surface area (Å²) in [5.41, 5.74) is 0.496. The van der Waals surface area contributed by atoms with Gasteiger partial charge in [-0.25, -0.2) is 17.2 Å². The first-order valence-electron chi connectivity index (χ1n) is 8.61. The van der Waals surface area contributed by atoms with E-state index in [1.807, 2.05) is 4.90 Å². The predicted molar refractivity (Wildman–Crippen MR) is 98.4 cm³/mol. The number of halogens is 2. The Morgan fingerprint density at radius 3 is 2.33 bits per heavy atom. The van der Waals surface area contributed by atoms with E-state index in [-0.39, 0.29) is 22.8 Å². The Bertz CT molecular complexity index is 946. The van der Waals surface area contributed by atoms with Crippen LogP contribution < -0.4 is 4.90 Å². The molecule has 144 valence electrons. The molecule has 1 saturated heterocycles. The lowest BCUT2D eigenvalue weighted by Gasteiger charge is -2.25. The largest absolute Gasteiger partial charge is 0.369 e. The van der Waals surface area contributed by atoms with Crippen molar-refractivity contribution >= 4 is 21.5 Å². The number of hydrogen-bond acceptors (Lipinski definition) is 4. The summed E-state index contributed by atoms with van der Waals surface area (Å²) in [6.07, 6.45) is 0.522. The first kappa shape index (κ1) is 19.4. The van der Waals surface area contributed by atoms with Crippen molar-refractivity contribution in [3.8, 4) is 0 Å². The van der Waals surface area contributed by atoms with Crippen molar-refractivity contribution in [1.82, 2.24) is 4.31 Å². The fraction of sp³-hybridized carbons (Fsp3) is 0.316. The van der Waals surface area contributed by atoms with E-state index >= 15 is 0 Å². The molecule has 8 heteroatoms. The van der Waals surface area contributed by atoms with Gasteiger partial charge in [-0.1, -0.05) is 6.07 Å². The summed E-state index contributed by atoms with van der Waals surface area (Å²) >= 11 is 0. The van der Waals surface area contributed by atoms with Crippen LogP contribution in [-0.4, -0.2) is 44.7 Å². The Morgan fingerprint density at radius 1 is 0.963 bits per heavy atom. The lowest BCUT2D eigenvalue weighted by Crippen LogP contribution is -2.35. The number of nitrogens with zero attached hydrogens (tertiary/aromatic N) is 2. The number of carbonyl (C=O) groups is 1. The van der Waals surface area contributed by atoms with Crippen LogP contribution >= 0.6 is 0 Å². The molecule has 3 rings (SSSR count). The number of anilines is 1. The first-order chi connectivity index (χ1) is 12.8. The average Bonchev–Trinajstić information content (AvgIpc) is 2.88. The lowest BCUT2D eigenvalue weighted by molar-refractivity contribution is 0.101. The first-order valence-corrected chi connectivity index (χ1v) is 10.0. The van der Waals surface area contributed by atoms with E-state index in [1.165, 1.54) is 35.5 Å². The van der Waals surface area contributed by atoms with Gasteiger partial charge in [0.15, 0.2) is 5.78 Å². The summed E-state index contributed by atoms with van der Waals surface area (Å²) in [6, 6.07) is 9.16. The molecule has 1 aliphatic heterocycles. The number of benzene rings is 2. The molecule has 1 aliphatic rings. The molecule has 0 atom stereocenters. The Morgan fingerprint density at radius 2 is 1.67 bits per heavy atom. The van der Waals surface area contributed by atoms with Crippen LogP contribution in [0.3, 0.4) is 0 Å². The Kier molecular flexibility index (Phi) is 5.57. The van der Waals surface area contributed by atoms with Crippen molar-refractivity contribution in [2.45, 2.75) is 18.2 Å². The van der Waals surface area contributed by atoms with E-state index in [1.54, 1.807) is 6.07 Å². The van der Waals surface area contributed by atoms with E-state index in [2.05, 4.69) is 0 Å². The van der Waals surface area contributed by atoms with Gasteiger partial charge in [0.05, 0.1) is 16.1 Å². The van der Waals surface area contributed by atoms with Crippen LogP contribution in [0.4, 0.5) is 14.5 Å².